The Morgan fingerprint density at radius 3 is 3.06 bits per heavy atom. The summed E-state index contributed by atoms with van der Waals surface area (Å²) in [5.74, 6) is 0.973. The zero-order valence-electron chi connectivity index (χ0n) is 10.6. The molecule has 2 saturated heterocycles. The van der Waals surface area contributed by atoms with Gasteiger partial charge in [-0.25, -0.2) is 0 Å². The summed E-state index contributed by atoms with van der Waals surface area (Å²) in [5, 5.41) is 3.53. The van der Waals surface area contributed by atoms with E-state index in [4.69, 9.17) is 4.74 Å². The van der Waals surface area contributed by atoms with Crippen LogP contribution in [0, 0.1) is 5.92 Å². The lowest BCUT2D eigenvalue weighted by atomic mass is 10.0. The topological polar surface area (TPSA) is 24.5 Å². The third-order valence-electron chi connectivity index (χ3n) is 3.86. The van der Waals surface area contributed by atoms with Crippen LogP contribution in [0.4, 0.5) is 0 Å². The molecular formula is C13H26N2O. The van der Waals surface area contributed by atoms with E-state index >= 15 is 0 Å². The molecule has 0 aromatic carbocycles. The number of likely N-dealkylation sites (tertiary alicyclic amines) is 1. The molecule has 0 saturated carbocycles. The van der Waals surface area contributed by atoms with Gasteiger partial charge < -0.3 is 15.0 Å². The quantitative estimate of drug-likeness (QED) is 0.768. The second-order valence-electron chi connectivity index (χ2n) is 5.26. The number of hydrogen-bond donors (Lipinski definition) is 1. The van der Waals surface area contributed by atoms with E-state index in [9.17, 15) is 0 Å². The van der Waals surface area contributed by atoms with Crippen LogP contribution in [0.5, 0.6) is 0 Å². The average molecular weight is 226 g/mol. The van der Waals surface area contributed by atoms with Crippen LogP contribution in [0.3, 0.4) is 0 Å². The van der Waals surface area contributed by atoms with E-state index in [0.29, 0.717) is 6.04 Å². The Hall–Kier alpha value is -0.120. The second kappa shape index (κ2) is 6.58. The Balaban J connectivity index is 1.59. The number of nitrogens with zero attached hydrogens (tertiary/aromatic N) is 1. The van der Waals surface area contributed by atoms with Gasteiger partial charge in [-0.2, -0.15) is 0 Å². The molecule has 16 heavy (non-hydrogen) atoms. The number of rotatable bonds is 5. The fourth-order valence-corrected chi connectivity index (χ4v) is 2.90. The number of nitrogens with one attached hydrogen (secondary N) is 1. The molecule has 2 rings (SSSR count). The third-order valence-corrected chi connectivity index (χ3v) is 3.86. The van der Waals surface area contributed by atoms with E-state index in [0.717, 1.165) is 25.7 Å². The van der Waals surface area contributed by atoms with Crippen molar-refractivity contribution in [3.63, 3.8) is 0 Å². The van der Waals surface area contributed by atoms with E-state index in [-0.39, 0.29) is 0 Å². The molecule has 0 aromatic heterocycles. The van der Waals surface area contributed by atoms with Gasteiger partial charge in [0.15, 0.2) is 0 Å². The Kier molecular flexibility index (Phi) is 5.07. The van der Waals surface area contributed by atoms with Crippen LogP contribution in [0.1, 0.15) is 32.6 Å². The van der Waals surface area contributed by atoms with Crippen molar-refractivity contribution < 1.29 is 4.74 Å². The van der Waals surface area contributed by atoms with Gasteiger partial charge in [0.1, 0.15) is 0 Å². The summed E-state index contributed by atoms with van der Waals surface area (Å²) < 4.78 is 5.48. The molecule has 3 heteroatoms. The molecule has 2 aliphatic rings. The third kappa shape index (κ3) is 3.72. The summed E-state index contributed by atoms with van der Waals surface area (Å²) in [6.45, 7) is 9.03. The van der Waals surface area contributed by atoms with Gasteiger partial charge in [-0.3, -0.25) is 0 Å². The van der Waals surface area contributed by atoms with Crippen LogP contribution in [0.2, 0.25) is 0 Å². The first kappa shape index (κ1) is 12.3. The first-order chi connectivity index (χ1) is 7.88. The van der Waals surface area contributed by atoms with Gasteiger partial charge >= 0.3 is 0 Å². The van der Waals surface area contributed by atoms with Gasteiger partial charge in [-0.1, -0.05) is 13.3 Å². The largest absolute Gasteiger partial charge is 0.379 e. The number of hydrogen-bond acceptors (Lipinski definition) is 3. The van der Waals surface area contributed by atoms with Gasteiger partial charge in [0.05, 0.1) is 13.2 Å². The average Bonchev–Trinajstić information content (AvgIpc) is 2.76. The van der Waals surface area contributed by atoms with Crippen molar-refractivity contribution in [3.05, 3.63) is 0 Å². The minimum Gasteiger partial charge on any atom is -0.379 e. The van der Waals surface area contributed by atoms with Crippen molar-refractivity contribution in [1.29, 1.82) is 0 Å². The molecule has 0 bridgehead atoms. The molecular weight excluding hydrogens is 200 g/mol. The Morgan fingerprint density at radius 2 is 2.31 bits per heavy atom. The van der Waals surface area contributed by atoms with Crippen molar-refractivity contribution in [2.75, 3.05) is 39.4 Å². The summed E-state index contributed by atoms with van der Waals surface area (Å²) in [6, 6.07) is 0.596. The molecule has 0 aliphatic carbocycles. The van der Waals surface area contributed by atoms with Gasteiger partial charge in [0.25, 0.3) is 0 Å². The highest BCUT2D eigenvalue weighted by atomic mass is 16.5. The highest BCUT2D eigenvalue weighted by Crippen LogP contribution is 2.21. The van der Waals surface area contributed by atoms with Gasteiger partial charge in [0, 0.05) is 19.1 Å². The predicted octanol–water partition coefficient (Wildman–Crippen LogP) is 1.49. The first-order valence-electron chi connectivity index (χ1n) is 6.92. The van der Waals surface area contributed by atoms with Gasteiger partial charge in [0.2, 0.25) is 0 Å². The van der Waals surface area contributed by atoms with Crippen LogP contribution in [0.25, 0.3) is 0 Å². The van der Waals surface area contributed by atoms with Gasteiger partial charge in [-0.15, -0.1) is 0 Å². The molecule has 1 N–H and O–H groups in total. The molecule has 94 valence electrons. The standard InChI is InChI=1S/C13H26N2O/c1-2-3-12-4-7-15(10-12)8-5-13-11-16-9-6-14-13/h12-14H,2-11H2,1H3. The fourth-order valence-electron chi connectivity index (χ4n) is 2.90. The highest BCUT2D eigenvalue weighted by Gasteiger charge is 2.22. The Labute approximate surface area is 99.5 Å². The summed E-state index contributed by atoms with van der Waals surface area (Å²) in [6.07, 6.45) is 5.43. The Bertz CT molecular complexity index is 192. The van der Waals surface area contributed by atoms with E-state index in [1.807, 2.05) is 0 Å². The normalized spacial score (nSPS) is 32.1. The predicted molar refractivity (Wildman–Crippen MR) is 66.7 cm³/mol. The highest BCUT2D eigenvalue weighted by molar-refractivity contribution is 4.78. The Morgan fingerprint density at radius 1 is 1.38 bits per heavy atom. The van der Waals surface area contributed by atoms with Crippen molar-refractivity contribution in [2.45, 2.75) is 38.6 Å². The minimum atomic E-state index is 0.596. The molecule has 2 unspecified atom stereocenters. The van der Waals surface area contributed by atoms with Crippen molar-refractivity contribution in [2.24, 2.45) is 5.92 Å². The second-order valence-corrected chi connectivity index (χ2v) is 5.26. The lowest BCUT2D eigenvalue weighted by Gasteiger charge is -2.26. The van der Waals surface area contributed by atoms with Crippen molar-refractivity contribution in [1.82, 2.24) is 10.2 Å². The molecule has 2 fully saturated rings. The SMILES string of the molecule is CCCC1CCN(CCC2COCCN2)C1. The molecule has 2 atom stereocenters. The zero-order chi connectivity index (χ0) is 11.2. The van der Waals surface area contributed by atoms with E-state index in [1.54, 1.807) is 0 Å². The van der Waals surface area contributed by atoms with E-state index in [1.165, 1.54) is 45.3 Å². The van der Waals surface area contributed by atoms with Crippen LogP contribution in [-0.2, 0) is 4.74 Å². The van der Waals surface area contributed by atoms with Crippen molar-refractivity contribution >= 4 is 0 Å². The van der Waals surface area contributed by atoms with Crippen LogP contribution < -0.4 is 5.32 Å². The first-order valence-corrected chi connectivity index (χ1v) is 6.92. The van der Waals surface area contributed by atoms with Gasteiger partial charge in [-0.05, 0) is 38.3 Å². The molecule has 2 aliphatic heterocycles. The van der Waals surface area contributed by atoms with E-state index < -0.39 is 0 Å². The monoisotopic (exact) mass is 226 g/mol. The maximum atomic E-state index is 5.48. The molecule has 0 amide bonds. The molecule has 0 radical (unpaired) electrons. The lowest BCUT2D eigenvalue weighted by Crippen LogP contribution is -2.43. The maximum absolute atomic E-state index is 5.48. The molecule has 0 spiro atoms. The summed E-state index contributed by atoms with van der Waals surface area (Å²) in [4.78, 5) is 2.64. The summed E-state index contributed by atoms with van der Waals surface area (Å²) in [5.41, 5.74) is 0. The smallest absolute Gasteiger partial charge is 0.0620 e. The lowest BCUT2D eigenvalue weighted by molar-refractivity contribution is 0.0708. The van der Waals surface area contributed by atoms with Crippen LogP contribution >= 0.6 is 0 Å². The molecule has 0 aromatic rings. The van der Waals surface area contributed by atoms with Crippen LogP contribution in [-0.4, -0.2) is 50.3 Å². The van der Waals surface area contributed by atoms with Crippen molar-refractivity contribution in [3.8, 4) is 0 Å². The number of ether oxygens (including phenoxy) is 1. The zero-order valence-corrected chi connectivity index (χ0v) is 10.6. The summed E-state index contributed by atoms with van der Waals surface area (Å²) in [7, 11) is 0. The number of morpholine rings is 1. The summed E-state index contributed by atoms with van der Waals surface area (Å²) >= 11 is 0. The maximum Gasteiger partial charge on any atom is 0.0620 e. The van der Waals surface area contributed by atoms with Crippen LogP contribution in [0.15, 0.2) is 0 Å². The fraction of sp³-hybridized carbons (Fsp3) is 1.00. The molecule has 3 nitrogen and oxygen atoms in total. The van der Waals surface area contributed by atoms with E-state index in [2.05, 4.69) is 17.1 Å². The molecule has 2 heterocycles. The minimum absolute atomic E-state index is 0.596.